The average molecular weight is 359 g/mol. The number of fused-ring (bicyclic) bond motifs is 3. The topological polar surface area (TPSA) is 0 Å². The van der Waals surface area contributed by atoms with Crippen LogP contribution in [-0.4, -0.2) is 0 Å². The van der Waals surface area contributed by atoms with Gasteiger partial charge in [-0.25, -0.2) is 0 Å². The molecule has 0 aromatic carbocycles. The van der Waals surface area contributed by atoms with Crippen LogP contribution >= 0.6 is 0 Å². The molecule has 4 aliphatic carbocycles. The predicted molar refractivity (Wildman–Crippen MR) is 113 cm³/mol. The largest absolute Gasteiger partial charge is 0.0654 e. The third-order valence-corrected chi connectivity index (χ3v) is 9.42. The van der Waals surface area contributed by atoms with Crippen molar-refractivity contribution in [1.29, 1.82) is 0 Å². The van der Waals surface area contributed by atoms with E-state index in [1.807, 2.05) is 0 Å². The summed E-state index contributed by atoms with van der Waals surface area (Å²) >= 11 is 0. The molecule has 4 fully saturated rings. The summed E-state index contributed by atoms with van der Waals surface area (Å²) in [5.74, 6) is 7.96. The smallest absolute Gasteiger partial charge is 0.0352 e. The van der Waals surface area contributed by atoms with E-state index < -0.39 is 0 Å². The van der Waals surface area contributed by atoms with E-state index in [-0.39, 0.29) is 0 Å². The number of unbranched alkanes of at least 4 members (excludes halogenated alkanes) is 5. The second-order valence-corrected chi connectivity index (χ2v) is 10.9. The van der Waals surface area contributed by atoms with Crippen molar-refractivity contribution in [3.05, 3.63) is 0 Å². The maximum Gasteiger partial charge on any atom is -0.0352 e. The van der Waals surface area contributed by atoms with Crippen LogP contribution < -0.4 is 0 Å². The quantitative estimate of drug-likeness (QED) is 0.401. The van der Waals surface area contributed by atoms with Gasteiger partial charge < -0.3 is 0 Å². The van der Waals surface area contributed by atoms with Gasteiger partial charge in [0.25, 0.3) is 0 Å². The second kappa shape index (κ2) is 9.47. The number of hydrogen-bond acceptors (Lipinski definition) is 0. The lowest BCUT2D eigenvalue weighted by molar-refractivity contribution is -0.0539. The molecule has 0 amide bonds. The second-order valence-electron chi connectivity index (χ2n) is 10.9. The first-order chi connectivity index (χ1) is 12.9. The number of hydrogen-bond donors (Lipinski definition) is 0. The summed E-state index contributed by atoms with van der Waals surface area (Å²) in [5, 5.41) is 0. The minimum absolute atomic E-state index is 1.13. The van der Waals surface area contributed by atoms with Gasteiger partial charge in [0.1, 0.15) is 0 Å². The summed E-state index contributed by atoms with van der Waals surface area (Å²) in [7, 11) is 0. The molecule has 26 heavy (non-hydrogen) atoms. The van der Waals surface area contributed by atoms with Crippen LogP contribution in [0.5, 0.6) is 0 Å². The third kappa shape index (κ3) is 4.35. The van der Waals surface area contributed by atoms with E-state index in [0.29, 0.717) is 0 Å². The molecule has 4 aliphatic rings. The Balaban J connectivity index is 1.38. The van der Waals surface area contributed by atoms with Gasteiger partial charge in [-0.05, 0) is 73.5 Å². The van der Waals surface area contributed by atoms with Crippen molar-refractivity contribution in [3.63, 3.8) is 0 Å². The van der Waals surface area contributed by atoms with E-state index in [9.17, 15) is 0 Å². The normalized spacial score (nSPS) is 42.6. The summed E-state index contributed by atoms with van der Waals surface area (Å²) < 4.78 is 0. The van der Waals surface area contributed by atoms with E-state index in [4.69, 9.17) is 0 Å². The number of rotatable bonds is 7. The maximum absolute atomic E-state index is 2.34. The zero-order valence-corrected chi connectivity index (χ0v) is 17.8. The van der Waals surface area contributed by atoms with Crippen LogP contribution in [0, 0.1) is 41.4 Å². The van der Waals surface area contributed by atoms with Gasteiger partial charge in [0, 0.05) is 0 Å². The van der Waals surface area contributed by atoms with Crippen LogP contribution in [0.15, 0.2) is 0 Å². The molecule has 0 N–H and O–H groups in total. The van der Waals surface area contributed by atoms with Gasteiger partial charge in [-0.2, -0.15) is 0 Å². The fourth-order valence-corrected chi connectivity index (χ4v) is 8.19. The molecule has 0 bridgehead atoms. The highest BCUT2D eigenvalue weighted by Gasteiger charge is 2.48. The van der Waals surface area contributed by atoms with Gasteiger partial charge in [-0.3, -0.25) is 0 Å². The Kier molecular flexibility index (Phi) is 7.04. The first-order valence-corrected chi connectivity index (χ1v) is 12.9. The molecular formula is C26H46. The van der Waals surface area contributed by atoms with Gasteiger partial charge in [-0.1, -0.05) is 90.4 Å². The van der Waals surface area contributed by atoms with Crippen molar-refractivity contribution in [3.8, 4) is 0 Å². The molecule has 4 saturated carbocycles. The van der Waals surface area contributed by atoms with Gasteiger partial charge in [0.2, 0.25) is 0 Å². The highest BCUT2D eigenvalue weighted by atomic mass is 14.5. The SMILES string of the molecule is CCCCCCCCC1C2CCCCC2CC2CC3CCCCC3CC21. The lowest BCUT2D eigenvalue weighted by Crippen LogP contribution is -2.46. The lowest BCUT2D eigenvalue weighted by atomic mass is 9.50. The highest BCUT2D eigenvalue weighted by molar-refractivity contribution is 4.98. The van der Waals surface area contributed by atoms with E-state index in [2.05, 4.69) is 6.92 Å². The predicted octanol–water partition coefficient (Wildman–Crippen LogP) is 8.40. The molecule has 0 heterocycles. The van der Waals surface area contributed by atoms with E-state index in [1.165, 1.54) is 32.1 Å². The molecule has 7 atom stereocenters. The van der Waals surface area contributed by atoms with Crippen molar-refractivity contribution in [1.82, 2.24) is 0 Å². The summed E-state index contributed by atoms with van der Waals surface area (Å²) in [5.41, 5.74) is 0. The van der Waals surface area contributed by atoms with Crippen molar-refractivity contribution >= 4 is 0 Å². The van der Waals surface area contributed by atoms with E-state index in [1.54, 1.807) is 83.5 Å². The molecule has 0 saturated heterocycles. The first kappa shape index (κ1) is 19.3. The molecule has 0 aromatic rings. The molecule has 0 spiro atoms. The molecule has 150 valence electrons. The Bertz CT molecular complexity index is 410. The Hall–Kier alpha value is 0. The summed E-state index contributed by atoms with van der Waals surface area (Å²) in [6, 6.07) is 0. The Morgan fingerprint density at radius 3 is 1.96 bits per heavy atom. The monoisotopic (exact) mass is 358 g/mol. The fraction of sp³-hybridized carbons (Fsp3) is 1.00. The van der Waals surface area contributed by atoms with Gasteiger partial charge in [0.05, 0.1) is 0 Å². The Labute approximate surface area is 164 Å². The molecule has 0 nitrogen and oxygen atoms in total. The van der Waals surface area contributed by atoms with Crippen molar-refractivity contribution in [2.45, 2.75) is 122 Å². The molecule has 7 unspecified atom stereocenters. The third-order valence-electron chi connectivity index (χ3n) is 9.42. The van der Waals surface area contributed by atoms with Gasteiger partial charge in [0.15, 0.2) is 0 Å². The highest BCUT2D eigenvalue weighted by Crippen LogP contribution is 2.58. The minimum Gasteiger partial charge on any atom is -0.0654 e. The molecular weight excluding hydrogens is 312 g/mol. The molecule has 0 heteroatoms. The zero-order valence-electron chi connectivity index (χ0n) is 17.8. The zero-order chi connectivity index (χ0) is 17.8. The van der Waals surface area contributed by atoms with Crippen molar-refractivity contribution in [2.24, 2.45) is 41.4 Å². The maximum atomic E-state index is 2.34. The van der Waals surface area contributed by atoms with Crippen LogP contribution in [0.4, 0.5) is 0 Å². The summed E-state index contributed by atoms with van der Waals surface area (Å²) in [6.45, 7) is 2.34. The van der Waals surface area contributed by atoms with Crippen LogP contribution in [0.1, 0.15) is 122 Å². The Morgan fingerprint density at radius 1 is 0.538 bits per heavy atom. The first-order valence-electron chi connectivity index (χ1n) is 12.9. The van der Waals surface area contributed by atoms with E-state index >= 15 is 0 Å². The summed E-state index contributed by atoms with van der Waals surface area (Å²) in [4.78, 5) is 0. The molecule has 0 aromatic heterocycles. The van der Waals surface area contributed by atoms with Crippen LogP contribution in [0.25, 0.3) is 0 Å². The van der Waals surface area contributed by atoms with Crippen LogP contribution in [0.2, 0.25) is 0 Å². The lowest BCUT2D eigenvalue weighted by Gasteiger charge is -2.55. The van der Waals surface area contributed by atoms with Gasteiger partial charge >= 0.3 is 0 Å². The van der Waals surface area contributed by atoms with Crippen LogP contribution in [-0.2, 0) is 0 Å². The summed E-state index contributed by atoms with van der Waals surface area (Å²) in [6.07, 6.45) is 28.0. The minimum atomic E-state index is 1.13. The van der Waals surface area contributed by atoms with Crippen molar-refractivity contribution < 1.29 is 0 Å². The van der Waals surface area contributed by atoms with E-state index in [0.717, 1.165) is 41.4 Å². The Morgan fingerprint density at radius 2 is 1.15 bits per heavy atom. The fourth-order valence-electron chi connectivity index (χ4n) is 8.19. The average Bonchev–Trinajstić information content (AvgIpc) is 2.68. The van der Waals surface area contributed by atoms with Crippen molar-refractivity contribution in [2.75, 3.05) is 0 Å². The molecule has 4 rings (SSSR count). The van der Waals surface area contributed by atoms with Gasteiger partial charge in [-0.15, -0.1) is 0 Å². The molecule has 0 radical (unpaired) electrons. The molecule has 0 aliphatic heterocycles. The standard InChI is InChI=1S/C26H46/c1-2-3-4-5-6-7-16-25-24-15-11-10-14-22(24)18-23-17-20-12-8-9-13-21(20)19-26(23)25/h20-26H,2-19H2,1H3. The van der Waals surface area contributed by atoms with Crippen LogP contribution in [0.3, 0.4) is 0 Å².